The fourth-order valence-corrected chi connectivity index (χ4v) is 2.55. The van der Waals surface area contributed by atoms with Gasteiger partial charge in [-0.25, -0.2) is 8.78 Å². The summed E-state index contributed by atoms with van der Waals surface area (Å²) < 4.78 is 28.5. The summed E-state index contributed by atoms with van der Waals surface area (Å²) in [6.07, 6.45) is 2.33. The number of hydrogen-bond donors (Lipinski definition) is 1. The van der Waals surface area contributed by atoms with Gasteiger partial charge in [0.1, 0.15) is 11.6 Å². The maximum Gasteiger partial charge on any atom is 0.136 e. The van der Waals surface area contributed by atoms with Gasteiger partial charge in [-0.15, -0.1) is 0 Å². The average Bonchev–Trinajstić information content (AvgIpc) is 3.27. The van der Waals surface area contributed by atoms with Crippen LogP contribution < -0.4 is 5.32 Å². The van der Waals surface area contributed by atoms with E-state index in [2.05, 4.69) is 5.32 Å². The van der Waals surface area contributed by atoms with Gasteiger partial charge in [-0.3, -0.25) is 0 Å². The van der Waals surface area contributed by atoms with Gasteiger partial charge < -0.3 is 5.32 Å². The first-order valence-corrected chi connectivity index (χ1v) is 7.41. The normalized spacial score (nSPS) is 14.5. The Bertz CT molecular complexity index is 681. The van der Waals surface area contributed by atoms with Crippen LogP contribution in [0.4, 0.5) is 8.78 Å². The zero-order valence-corrected chi connectivity index (χ0v) is 12.5. The lowest BCUT2D eigenvalue weighted by molar-refractivity contribution is 0.583. The van der Waals surface area contributed by atoms with Crippen LogP contribution in [-0.2, 0) is 6.54 Å². The number of benzene rings is 2. The summed E-state index contributed by atoms with van der Waals surface area (Å²) in [6.45, 7) is 2.22. The molecule has 0 heterocycles. The summed E-state index contributed by atoms with van der Waals surface area (Å²) in [5.74, 6) is -1.09. The average molecular weight is 308 g/mol. The largest absolute Gasteiger partial charge is 0.310 e. The molecule has 1 fully saturated rings. The van der Waals surface area contributed by atoms with Crippen molar-refractivity contribution in [1.29, 1.82) is 0 Å². The third-order valence-corrected chi connectivity index (χ3v) is 4.02. The van der Waals surface area contributed by atoms with Gasteiger partial charge in [0.2, 0.25) is 0 Å². The maximum atomic E-state index is 14.4. The lowest BCUT2D eigenvalue weighted by atomic mass is 9.97. The van der Waals surface area contributed by atoms with E-state index < -0.39 is 11.6 Å². The molecule has 110 valence electrons. The quantitative estimate of drug-likeness (QED) is 0.852. The topological polar surface area (TPSA) is 12.0 Å². The Balaban J connectivity index is 2.07. The van der Waals surface area contributed by atoms with Gasteiger partial charge >= 0.3 is 0 Å². The molecule has 1 saturated carbocycles. The highest BCUT2D eigenvalue weighted by Crippen LogP contribution is 2.33. The van der Waals surface area contributed by atoms with Crippen LogP contribution in [0.3, 0.4) is 0 Å². The molecular weight excluding hydrogens is 292 g/mol. The van der Waals surface area contributed by atoms with Gasteiger partial charge in [0.15, 0.2) is 0 Å². The van der Waals surface area contributed by atoms with Crippen LogP contribution in [0.5, 0.6) is 0 Å². The van der Waals surface area contributed by atoms with Crippen molar-refractivity contribution < 1.29 is 8.78 Å². The van der Waals surface area contributed by atoms with E-state index in [0.29, 0.717) is 28.7 Å². The second kappa shape index (κ2) is 5.74. The van der Waals surface area contributed by atoms with Crippen LogP contribution in [0.2, 0.25) is 5.02 Å². The van der Waals surface area contributed by atoms with E-state index in [4.69, 9.17) is 11.6 Å². The van der Waals surface area contributed by atoms with E-state index in [9.17, 15) is 8.78 Å². The molecule has 2 aromatic carbocycles. The highest BCUT2D eigenvalue weighted by Gasteiger charge is 2.22. The summed E-state index contributed by atoms with van der Waals surface area (Å²) in [6, 6.07) is 8.48. The Hall–Kier alpha value is -1.45. The molecule has 1 aliphatic carbocycles. The van der Waals surface area contributed by atoms with Crippen molar-refractivity contribution >= 4 is 11.6 Å². The van der Waals surface area contributed by atoms with Crippen LogP contribution >= 0.6 is 11.6 Å². The van der Waals surface area contributed by atoms with Gasteiger partial charge in [0.25, 0.3) is 0 Å². The summed E-state index contributed by atoms with van der Waals surface area (Å²) >= 11 is 6.02. The smallest absolute Gasteiger partial charge is 0.136 e. The summed E-state index contributed by atoms with van der Waals surface area (Å²) in [5.41, 5.74) is 1.81. The minimum absolute atomic E-state index is 0.00472. The first-order valence-electron chi connectivity index (χ1n) is 7.03. The molecule has 0 spiro atoms. The van der Waals surface area contributed by atoms with Crippen molar-refractivity contribution in [3.63, 3.8) is 0 Å². The van der Waals surface area contributed by atoms with Crippen LogP contribution in [0.1, 0.15) is 24.0 Å². The summed E-state index contributed by atoms with van der Waals surface area (Å²) in [7, 11) is 0. The van der Waals surface area contributed by atoms with Crippen molar-refractivity contribution in [2.45, 2.75) is 32.4 Å². The summed E-state index contributed by atoms with van der Waals surface area (Å²) in [4.78, 5) is 0. The van der Waals surface area contributed by atoms with Gasteiger partial charge in [-0.05, 0) is 54.7 Å². The highest BCUT2D eigenvalue weighted by molar-refractivity contribution is 6.30. The molecule has 4 heteroatoms. The predicted molar refractivity (Wildman–Crippen MR) is 81.4 cm³/mol. The fourth-order valence-electron chi connectivity index (χ4n) is 2.38. The second-order valence-corrected chi connectivity index (χ2v) is 5.95. The SMILES string of the molecule is Cc1ccc(F)c(-c2cc(Cl)ccc2CNC2CC2)c1F. The van der Waals surface area contributed by atoms with E-state index in [-0.39, 0.29) is 5.56 Å². The molecule has 0 unspecified atom stereocenters. The maximum absolute atomic E-state index is 14.4. The Morgan fingerprint density at radius 2 is 1.95 bits per heavy atom. The lowest BCUT2D eigenvalue weighted by Crippen LogP contribution is -2.16. The third-order valence-electron chi connectivity index (χ3n) is 3.78. The van der Waals surface area contributed by atoms with Crippen LogP contribution in [0.25, 0.3) is 11.1 Å². The monoisotopic (exact) mass is 307 g/mol. The molecule has 0 bridgehead atoms. The molecule has 0 saturated heterocycles. The molecular formula is C17H16ClF2N. The van der Waals surface area contributed by atoms with Crippen LogP contribution in [0, 0.1) is 18.6 Å². The van der Waals surface area contributed by atoms with E-state index in [1.165, 1.54) is 12.1 Å². The molecule has 1 aliphatic rings. The molecule has 0 radical (unpaired) electrons. The number of nitrogens with one attached hydrogen (secondary N) is 1. The number of aryl methyl sites for hydroxylation is 1. The Morgan fingerprint density at radius 1 is 1.19 bits per heavy atom. The second-order valence-electron chi connectivity index (χ2n) is 5.51. The van der Waals surface area contributed by atoms with E-state index in [1.807, 2.05) is 6.07 Å². The van der Waals surface area contributed by atoms with Crippen LogP contribution in [-0.4, -0.2) is 6.04 Å². The van der Waals surface area contributed by atoms with Crippen molar-refractivity contribution in [3.05, 3.63) is 58.1 Å². The lowest BCUT2D eigenvalue weighted by Gasteiger charge is -2.14. The molecule has 0 atom stereocenters. The highest BCUT2D eigenvalue weighted by atomic mass is 35.5. The number of rotatable bonds is 4. The molecule has 1 N–H and O–H groups in total. The Labute approximate surface area is 127 Å². The van der Waals surface area contributed by atoms with Gasteiger partial charge in [-0.2, -0.15) is 0 Å². The minimum Gasteiger partial charge on any atom is -0.310 e. The molecule has 0 aliphatic heterocycles. The Kier molecular flexibility index (Phi) is 3.96. The van der Waals surface area contributed by atoms with E-state index in [1.54, 1.807) is 19.1 Å². The number of halogens is 3. The fraction of sp³-hybridized carbons (Fsp3) is 0.294. The minimum atomic E-state index is -0.562. The Morgan fingerprint density at radius 3 is 2.67 bits per heavy atom. The molecule has 0 aromatic heterocycles. The molecule has 21 heavy (non-hydrogen) atoms. The van der Waals surface area contributed by atoms with Crippen LogP contribution in [0.15, 0.2) is 30.3 Å². The standard InChI is InChI=1S/C17H16ClF2N/c1-10-2-7-15(19)16(17(10)20)14-8-12(18)4-3-11(14)9-21-13-5-6-13/h2-4,7-8,13,21H,5-6,9H2,1H3. The van der Waals surface area contributed by atoms with Crippen molar-refractivity contribution in [1.82, 2.24) is 5.32 Å². The zero-order chi connectivity index (χ0) is 15.0. The molecule has 1 nitrogen and oxygen atoms in total. The van der Waals surface area contributed by atoms with Gasteiger partial charge in [-0.1, -0.05) is 23.7 Å². The molecule has 2 aromatic rings. The first kappa shape index (κ1) is 14.5. The van der Waals surface area contributed by atoms with Gasteiger partial charge in [0.05, 0.1) is 5.56 Å². The van der Waals surface area contributed by atoms with Crippen molar-refractivity contribution in [2.24, 2.45) is 0 Å². The third kappa shape index (κ3) is 3.09. The van der Waals surface area contributed by atoms with Crippen molar-refractivity contribution in [3.8, 4) is 11.1 Å². The first-order chi connectivity index (χ1) is 10.1. The molecule has 3 rings (SSSR count). The van der Waals surface area contributed by atoms with E-state index >= 15 is 0 Å². The zero-order valence-electron chi connectivity index (χ0n) is 11.7. The molecule has 0 amide bonds. The predicted octanol–water partition coefficient (Wildman–Crippen LogP) is 4.85. The van der Waals surface area contributed by atoms with E-state index in [0.717, 1.165) is 18.4 Å². The summed E-state index contributed by atoms with van der Waals surface area (Å²) in [5, 5.41) is 3.84. The van der Waals surface area contributed by atoms with Crippen molar-refractivity contribution in [2.75, 3.05) is 0 Å². The van der Waals surface area contributed by atoms with Gasteiger partial charge in [0, 0.05) is 17.6 Å². The number of hydrogen-bond acceptors (Lipinski definition) is 1.